The average molecular weight is 309 g/mol. The van der Waals surface area contributed by atoms with Crippen molar-refractivity contribution in [1.82, 2.24) is 25.5 Å². The third-order valence-corrected chi connectivity index (χ3v) is 4.47. The van der Waals surface area contributed by atoms with Crippen LogP contribution in [0.25, 0.3) is 10.9 Å². The first-order chi connectivity index (χ1) is 11.3. The number of carbonyl (C=O) groups is 1. The Morgan fingerprint density at radius 2 is 2.17 bits per heavy atom. The smallest absolute Gasteiger partial charge is 0.251 e. The number of carbonyl (C=O) groups excluding carboxylic acids is 1. The van der Waals surface area contributed by atoms with Gasteiger partial charge in [0, 0.05) is 35.1 Å². The lowest BCUT2D eigenvalue weighted by atomic mass is 9.95. The average Bonchev–Trinajstić information content (AvgIpc) is 3.21. The van der Waals surface area contributed by atoms with Gasteiger partial charge in [-0.3, -0.25) is 9.89 Å². The molecule has 3 aromatic rings. The molecule has 0 radical (unpaired) electrons. The van der Waals surface area contributed by atoms with Crippen molar-refractivity contribution in [2.45, 2.75) is 32.1 Å². The number of rotatable bonds is 4. The van der Waals surface area contributed by atoms with Crippen molar-refractivity contribution in [2.75, 3.05) is 6.54 Å². The van der Waals surface area contributed by atoms with Crippen molar-refractivity contribution >= 4 is 16.8 Å². The predicted octanol–water partition coefficient (Wildman–Crippen LogP) is 2.14. The minimum absolute atomic E-state index is 0.0443. The Morgan fingerprint density at radius 3 is 3.04 bits per heavy atom. The summed E-state index contributed by atoms with van der Waals surface area (Å²) in [6.07, 6.45) is 6.81. The molecule has 0 bridgehead atoms. The number of nitrogens with zero attached hydrogens (tertiary/aromatic N) is 2. The molecule has 0 unspecified atom stereocenters. The highest BCUT2D eigenvalue weighted by atomic mass is 16.1. The van der Waals surface area contributed by atoms with E-state index in [1.807, 2.05) is 18.2 Å². The van der Waals surface area contributed by atoms with Crippen LogP contribution in [-0.4, -0.2) is 32.6 Å². The van der Waals surface area contributed by atoms with E-state index in [1.54, 1.807) is 0 Å². The zero-order valence-electron chi connectivity index (χ0n) is 12.9. The molecule has 2 heterocycles. The zero-order chi connectivity index (χ0) is 15.6. The number of nitrogens with one attached hydrogen (secondary N) is 3. The van der Waals surface area contributed by atoms with Crippen LogP contribution in [0.15, 0.2) is 24.5 Å². The third-order valence-electron chi connectivity index (χ3n) is 4.47. The molecule has 1 aliphatic carbocycles. The summed E-state index contributed by atoms with van der Waals surface area (Å²) in [5, 5.41) is 10.7. The van der Waals surface area contributed by atoms with Gasteiger partial charge in [0.25, 0.3) is 5.91 Å². The molecule has 0 atom stereocenters. The Labute approximate surface area is 133 Å². The van der Waals surface area contributed by atoms with Crippen molar-refractivity contribution in [3.63, 3.8) is 0 Å². The van der Waals surface area contributed by atoms with Crippen LogP contribution in [0.3, 0.4) is 0 Å². The van der Waals surface area contributed by atoms with Gasteiger partial charge in [0.2, 0.25) is 0 Å². The van der Waals surface area contributed by atoms with E-state index in [9.17, 15) is 4.79 Å². The van der Waals surface area contributed by atoms with Crippen molar-refractivity contribution in [1.29, 1.82) is 0 Å². The number of aryl methyl sites for hydroxylation is 2. The maximum Gasteiger partial charge on any atom is 0.251 e. The summed E-state index contributed by atoms with van der Waals surface area (Å²) in [5.41, 5.74) is 4.58. The number of aromatic nitrogens is 4. The molecule has 0 aliphatic heterocycles. The fourth-order valence-electron chi connectivity index (χ4n) is 3.29. The van der Waals surface area contributed by atoms with Gasteiger partial charge < -0.3 is 10.3 Å². The van der Waals surface area contributed by atoms with Crippen LogP contribution in [0.5, 0.6) is 0 Å². The standard InChI is InChI=1S/C17H19N5O/c23-17(18-8-7-16-19-10-20-22-16)11-5-6-15-13(9-11)12-3-1-2-4-14(12)21-15/h5-6,9-10,21H,1-4,7-8H2,(H,18,23)(H,19,20,22). The minimum atomic E-state index is -0.0443. The van der Waals surface area contributed by atoms with Gasteiger partial charge in [0.1, 0.15) is 12.2 Å². The van der Waals surface area contributed by atoms with Gasteiger partial charge >= 0.3 is 0 Å². The molecule has 1 aromatic carbocycles. The van der Waals surface area contributed by atoms with Crippen molar-refractivity contribution < 1.29 is 4.79 Å². The quantitative estimate of drug-likeness (QED) is 0.690. The zero-order valence-corrected chi connectivity index (χ0v) is 12.9. The van der Waals surface area contributed by atoms with E-state index in [1.165, 1.54) is 35.8 Å². The molecule has 23 heavy (non-hydrogen) atoms. The monoisotopic (exact) mass is 309 g/mol. The van der Waals surface area contributed by atoms with Crippen LogP contribution in [0.4, 0.5) is 0 Å². The molecule has 1 aliphatic rings. The van der Waals surface area contributed by atoms with Gasteiger partial charge in [-0.05, 0) is 49.4 Å². The Balaban J connectivity index is 1.50. The van der Waals surface area contributed by atoms with Gasteiger partial charge in [-0.2, -0.15) is 5.10 Å². The second kappa shape index (κ2) is 5.87. The summed E-state index contributed by atoms with van der Waals surface area (Å²) in [6.45, 7) is 0.539. The molecular weight excluding hydrogens is 290 g/mol. The molecule has 0 fully saturated rings. The maximum atomic E-state index is 12.3. The molecule has 6 nitrogen and oxygen atoms in total. The molecule has 6 heteroatoms. The van der Waals surface area contributed by atoms with Crippen molar-refractivity contribution in [3.8, 4) is 0 Å². The van der Waals surface area contributed by atoms with Crippen LogP contribution in [0, 0.1) is 0 Å². The summed E-state index contributed by atoms with van der Waals surface area (Å²) < 4.78 is 0. The van der Waals surface area contributed by atoms with Crippen LogP contribution < -0.4 is 5.32 Å². The third kappa shape index (κ3) is 2.72. The highest BCUT2D eigenvalue weighted by molar-refractivity contribution is 5.99. The highest BCUT2D eigenvalue weighted by Crippen LogP contribution is 2.29. The second-order valence-electron chi connectivity index (χ2n) is 5.99. The first-order valence-electron chi connectivity index (χ1n) is 8.07. The van der Waals surface area contributed by atoms with Crippen LogP contribution in [0.2, 0.25) is 0 Å². The number of amides is 1. The highest BCUT2D eigenvalue weighted by Gasteiger charge is 2.16. The molecule has 0 saturated carbocycles. The number of benzene rings is 1. The predicted molar refractivity (Wildman–Crippen MR) is 87.4 cm³/mol. The van der Waals surface area contributed by atoms with Gasteiger partial charge in [0.05, 0.1) is 0 Å². The lowest BCUT2D eigenvalue weighted by Crippen LogP contribution is -2.25. The number of H-pyrrole nitrogens is 2. The largest absolute Gasteiger partial charge is 0.358 e. The number of hydrogen-bond donors (Lipinski definition) is 3. The Morgan fingerprint density at radius 1 is 1.26 bits per heavy atom. The van der Waals surface area contributed by atoms with Crippen LogP contribution >= 0.6 is 0 Å². The lowest BCUT2D eigenvalue weighted by molar-refractivity contribution is 0.0954. The van der Waals surface area contributed by atoms with Gasteiger partial charge in [0.15, 0.2) is 0 Å². The number of aromatic amines is 2. The molecule has 3 N–H and O–H groups in total. The Bertz CT molecular complexity index is 834. The van der Waals surface area contributed by atoms with Crippen LogP contribution in [-0.2, 0) is 19.3 Å². The Hall–Kier alpha value is -2.63. The van der Waals surface area contributed by atoms with E-state index in [0.29, 0.717) is 18.5 Å². The molecular formula is C17H19N5O. The fourth-order valence-corrected chi connectivity index (χ4v) is 3.29. The SMILES string of the molecule is O=C(NCCc1ncn[nH]1)c1ccc2[nH]c3c(c2c1)CCCC3. The molecule has 2 aromatic heterocycles. The minimum Gasteiger partial charge on any atom is -0.358 e. The summed E-state index contributed by atoms with van der Waals surface area (Å²) in [5.74, 6) is 0.734. The molecule has 0 saturated heterocycles. The normalized spacial score (nSPS) is 13.9. The molecule has 0 spiro atoms. The summed E-state index contributed by atoms with van der Waals surface area (Å²) in [4.78, 5) is 19.9. The summed E-state index contributed by atoms with van der Waals surface area (Å²) in [6, 6.07) is 5.91. The van der Waals surface area contributed by atoms with Crippen molar-refractivity contribution in [2.24, 2.45) is 0 Å². The van der Waals surface area contributed by atoms with Gasteiger partial charge in [-0.25, -0.2) is 4.98 Å². The van der Waals surface area contributed by atoms with E-state index in [2.05, 4.69) is 25.5 Å². The van der Waals surface area contributed by atoms with Gasteiger partial charge in [-0.15, -0.1) is 0 Å². The van der Waals surface area contributed by atoms with E-state index in [4.69, 9.17) is 0 Å². The van der Waals surface area contributed by atoms with E-state index >= 15 is 0 Å². The fraction of sp³-hybridized carbons (Fsp3) is 0.353. The molecule has 4 rings (SSSR count). The number of fused-ring (bicyclic) bond motifs is 3. The van der Waals surface area contributed by atoms with E-state index in [-0.39, 0.29) is 5.91 Å². The van der Waals surface area contributed by atoms with Gasteiger partial charge in [-0.1, -0.05) is 0 Å². The first kappa shape index (κ1) is 14.0. The lowest BCUT2D eigenvalue weighted by Gasteiger charge is -2.10. The Kier molecular flexibility index (Phi) is 3.57. The topological polar surface area (TPSA) is 86.5 Å². The molecule has 118 valence electrons. The maximum absolute atomic E-state index is 12.3. The summed E-state index contributed by atoms with van der Waals surface area (Å²) >= 11 is 0. The van der Waals surface area contributed by atoms with Crippen LogP contribution in [0.1, 0.15) is 40.3 Å². The molecule has 1 amide bonds. The summed E-state index contributed by atoms with van der Waals surface area (Å²) in [7, 11) is 0. The van der Waals surface area contributed by atoms with E-state index in [0.717, 1.165) is 24.2 Å². The second-order valence-corrected chi connectivity index (χ2v) is 5.99. The number of hydrogen-bond acceptors (Lipinski definition) is 3. The first-order valence-corrected chi connectivity index (χ1v) is 8.07. The van der Waals surface area contributed by atoms with Crippen molar-refractivity contribution in [3.05, 3.63) is 47.2 Å². The van der Waals surface area contributed by atoms with E-state index < -0.39 is 0 Å².